The number of ether oxygens (including phenoxy) is 1. The highest BCUT2D eigenvalue weighted by Gasteiger charge is 2.57. The van der Waals surface area contributed by atoms with Gasteiger partial charge in [0.1, 0.15) is 11.5 Å². The Morgan fingerprint density at radius 1 is 1.23 bits per heavy atom. The second-order valence-electron chi connectivity index (χ2n) is 12.8. The van der Waals surface area contributed by atoms with Crippen molar-refractivity contribution in [1.82, 2.24) is 0 Å². The molecule has 0 spiro atoms. The minimum Gasteiger partial charge on any atom is -0.543 e. The van der Waals surface area contributed by atoms with Gasteiger partial charge in [0.2, 0.25) is 8.32 Å². The van der Waals surface area contributed by atoms with E-state index in [9.17, 15) is 9.59 Å². The standard InChI is InChI=1S/C30H44O4Si/c1-8-33-27(31)11-9-10-21-19-26-25-14-12-20-18-22(34-35(6,7)29(2,3)4)13-15-23(20)24(25)16-17-30(26,5)28(21)32/h9,11,13,15,18,21,24-26H,8,10,12,14,16-17,19H2,1-7H3/b11-9+/t21-,24-,25-,26+,30+/m1/s1. The molecule has 0 radical (unpaired) electrons. The van der Waals surface area contributed by atoms with Crippen LogP contribution in [0.4, 0.5) is 0 Å². The van der Waals surface area contributed by atoms with Crippen LogP contribution in [0.15, 0.2) is 30.4 Å². The molecule has 192 valence electrons. The molecule has 0 N–H and O–H groups in total. The van der Waals surface area contributed by atoms with Crippen molar-refractivity contribution in [2.24, 2.45) is 23.2 Å². The molecule has 0 amide bonds. The molecule has 0 heterocycles. The molecule has 4 nitrogen and oxygen atoms in total. The largest absolute Gasteiger partial charge is 0.543 e. The number of carbonyl (C=O) groups is 2. The SMILES string of the molecule is CCOC(=O)/C=C/C[C@@H]1C[C@H]2[C@@H]3CCc4cc(O[Si](C)(C)C(C)(C)C)ccc4[C@H]3CC[C@]2(C)C1=O. The molecule has 0 saturated heterocycles. The molecular weight excluding hydrogens is 452 g/mol. The third kappa shape index (κ3) is 4.90. The van der Waals surface area contributed by atoms with E-state index in [0.717, 1.165) is 37.9 Å². The second kappa shape index (κ2) is 9.53. The first-order valence-corrected chi connectivity index (χ1v) is 16.5. The highest BCUT2D eigenvalue weighted by Crippen LogP contribution is 2.61. The molecule has 0 aliphatic heterocycles. The third-order valence-corrected chi connectivity index (χ3v) is 14.1. The zero-order chi connectivity index (χ0) is 25.6. The van der Waals surface area contributed by atoms with Gasteiger partial charge in [-0.2, -0.15) is 0 Å². The first-order chi connectivity index (χ1) is 16.4. The summed E-state index contributed by atoms with van der Waals surface area (Å²) in [6, 6.07) is 6.83. The fourth-order valence-corrected chi connectivity index (χ4v) is 7.76. The van der Waals surface area contributed by atoms with Gasteiger partial charge in [0.15, 0.2) is 0 Å². The van der Waals surface area contributed by atoms with E-state index < -0.39 is 8.32 Å². The molecule has 3 aliphatic rings. The molecule has 0 unspecified atom stereocenters. The van der Waals surface area contributed by atoms with Crippen LogP contribution < -0.4 is 4.43 Å². The Balaban J connectivity index is 1.49. The normalized spacial score (nSPS) is 30.5. The van der Waals surface area contributed by atoms with Crippen LogP contribution >= 0.6 is 0 Å². The van der Waals surface area contributed by atoms with Crippen molar-refractivity contribution in [1.29, 1.82) is 0 Å². The smallest absolute Gasteiger partial charge is 0.330 e. The summed E-state index contributed by atoms with van der Waals surface area (Å²) in [7, 11) is -1.86. The number of benzene rings is 1. The van der Waals surface area contributed by atoms with Crippen LogP contribution in [0.2, 0.25) is 18.1 Å². The van der Waals surface area contributed by atoms with E-state index in [1.165, 1.54) is 17.2 Å². The summed E-state index contributed by atoms with van der Waals surface area (Å²) in [4.78, 5) is 25.1. The van der Waals surface area contributed by atoms with Crippen molar-refractivity contribution in [2.45, 2.75) is 97.2 Å². The highest BCUT2D eigenvalue weighted by atomic mass is 28.4. The summed E-state index contributed by atoms with van der Waals surface area (Å²) in [5, 5.41) is 0.179. The van der Waals surface area contributed by atoms with Gasteiger partial charge in [0.05, 0.1) is 6.61 Å². The first kappa shape index (κ1) is 26.2. The number of rotatable bonds is 6. The van der Waals surface area contributed by atoms with Gasteiger partial charge < -0.3 is 9.16 Å². The maximum Gasteiger partial charge on any atom is 0.330 e. The Labute approximate surface area is 213 Å². The summed E-state index contributed by atoms with van der Waals surface area (Å²) >= 11 is 0. The van der Waals surface area contributed by atoms with Crippen LogP contribution in [-0.4, -0.2) is 26.7 Å². The van der Waals surface area contributed by atoms with E-state index in [0.29, 0.717) is 36.6 Å². The molecule has 0 bridgehead atoms. The number of carbonyl (C=O) groups excluding carboxylic acids is 2. The number of hydrogen-bond donors (Lipinski definition) is 0. The molecule has 4 rings (SSSR count). The Bertz CT molecular complexity index is 1000. The number of Topliss-reactive ketones (excluding diaryl/α,β-unsaturated/α-hetero) is 1. The van der Waals surface area contributed by atoms with Crippen molar-refractivity contribution >= 4 is 20.1 Å². The lowest BCUT2D eigenvalue weighted by atomic mass is 9.55. The zero-order valence-electron chi connectivity index (χ0n) is 22.8. The second-order valence-corrected chi connectivity index (χ2v) is 17.5. The van der Waals surface area contributed by atoms with Crippen molar-refractivity contribution in [3.8, 4) is 5.75 Å². The molecule has 2 fully saturated rings. The monoisotopic (exact) mass is 496 g/mol. The summed E-state index contributed by atoms with van der Waals surface area (Å²) in [5.74, 6) is 2.69. The maximum atomic E-state index is 13.5. The topological polar surface area (TPSA) is 52.6 Å². The van der Waals surface area contributed by atoms with Gasteiger partial charge in [-0.1, -0.05) is 39.8 Å². The lowest BCUT2D eigenvalue weighted by Crippen LogP contribution is -2.44. The van der Waals surface area contributed by atoms with Crippen LogP contribution in [0.25, 0.3) is 0 Å². The van der Waals surface area contributed by atoms with Gasteiger partial charge in [-0.15, -0.1) is 0 Å². The van der Waals surface area contributed by atoms with E-state index in [4.69, 9.17) is 9.16 Å². The van der Waals surface area contributed by atoms with E-state index in [2.05, 4.69) is 59.0 Å². The van der Waals surface area contributed by atoms with Gasteiger partial charge in [0, 0.05) is 17.4 Å². The first-order valence-electron chi connectivity index (χ1n) is 13.6. The van der Waals surface area contributed by atoms with Crippen molar-refractivity contribution in [2.75, 3.05) is 6.61 Å². The fourth-order valence-electron chi connectivity index (χ4n) is 6.73. The van der Waals surface area contributed by atoms with E-state index in [1.54, 1.807) is 6.92 Å². The summed E-state index contributed by atoms with van der Waals surface area (Å²) in [6.45, 7) is 15.9. The van der Waals surface area contributed by atoms with Gasteiger partial charge in [0.25, 0.3) is 0 Å². The Kier molecular flexibility index (Phi) is 7.13. The summed E-state index contributed by atoms with van der Waals surface area (Å²) in [6.07, 6.45) is 9.21. The Morgan fingerprint density at radius 2 is 1.97 bits per heavy atom. The van der Waals surface area contributed by atoms with Gasteiger partial charge in [-0.05, 0) is 105 Å². The van der Waals surface area contributed by atoms with Crippen LogP contribution in [0.5, 0.6) is 5.75 Å². The summed E-state index contributed by atoms with van der Waals surface area (Å²) < 4.78 is 11.6. The minimum atomic E-state index is -1.86. The molecule has 1 aromatic carbocycles. The fraction of sp³-hybridized carbons (Fsp3) is 0.667. The molecule has 5 heteroatoms. The minimum absolute atomic E-state index is 0.0242. The maximum absolute atomic E-state index is 13.5. The quantitative estimate of drug-likeness (QED) is 0.237. The van der Waals surface area contributed by atoms with Crippen molar-refractivity contribution < 1.29 is 18.8 Å². The van der Waals surface area contributed by atoms with Crippen molar-refractivity contribution in [3.05, 3.63) is 41.5 Å². The van der Waals surface area contributed by atoms with Crippen LogP contribution in [-0.2, 0) is 20.7 Å². The number of ketones is 1. The van der Waals surface area contributed by atoms with Gasteiger partial charge in [-0.25, -0.2) is 4.79 Å². The number of esters is 1. The van der Waals surface area contributed by atoms with E-state index in [1.807, 2.05) is 6.08 Å². The van der Waals surface area contributed by atoms with Gasteiger partial charge in [-0.3, -0.25) is 4.79 Å². The Morgan fingerprint density at radius 3 is 2.66 bits per heavy atom. The lowest BCUT2D eigenvalue weighted by Gasteiger charge is -2.48. The number of fused-ring (bicyclic) bond motifs is 5. The van der Waals surface area contributed by atoms with Crippen molar-refractivity contribution in [3.63, 3.8) is 0 Å². The predicted octanol–water partition coefficient (Wildman–Crippen LogP) is 7.23. The molecule has 1 aromatic rings. The molecule has 0 aromatic heterocycles. The summed E-state index contributed by atoms with van der Waals surface area (Å²) in [5.41, 5.74) is 2.72. The van der Waals surface area contributed by atoms with Crippen LogP contribution in [0.3, 0.4) is 0 Å². The third-order valence-electron chi connectivity index (χ3n) is 9.70. The average Bonchev–Trinajstić information content (AvgIpc) is 3.03. The number of hydrogen-bond acceptors (Lipinski definition) is 4. The average molecular weight is 497 g/mol. The lowest BCUT2D eigenvalue weighted by molar-refractivity contribution is -0.137. The highest BCUT2D eigenvalue weighted by molar-refractivity contribution is 6.74. The van der Waals surface area contributed by atoms with Crippen LogP contribution in [0.1, 0.15) is 83.8 Å². The zero-order valence-corrected chi connectivity index (χ0v) is 23.8. The van der Waals surface area contributed by atoms with E-state index >= 15 is 0 Å². The van der Waals surface area contributed by atoms with Crippen LogP contribution in [0, 0.1) is 23.2 Å². The molecule has 5 atom stereocenters. The molecule has 35 heavy (non-hydrogen) atoms. The molecule has 2 saturated carbocycles. The van der Waals surface area contributed by atoms with E-state index in [-0.39, 0.29) is 22.3 Å². The molecule has 3 aliphatic carbocycles. The predicted molar refractivity (Wildman–Crippen MR) is 143 cm³/mol. The number of aryl methyl sites for hydroxylation is 1. The Hall–Kier alpha value is -1.88. The molecular formula is C30H44O4Si. The van der Waals surface area contributed by atoms with Gasteiger partial charge >= 0.3 is 5.97 Å². The number of allylic oxidation sites excluding steroid dienone is 1.